The minimum atomic E-state index is -1.22. The van der Waals surface area contributed by atoms with Crippen molar-refractivity contribution >= 4 is 52.5 Å². The van der Waals surface area contributed by atoms with Gasteiger partial charge in [0.05, 0.1) is 24.0 Å². The average Bonchev–Trinajstić information content (AvgIpc) is 3.77. The lowest BCUT2D eigenvalue weighted by Gasteiger charge is -2.43. The van der Waals surface area contributed by atoms with Crippen molar-refractivity contribution in [2.75, 3.05) is 19.0 Å². The SMILES string of the molecule is COc1cc([C@H]2c3sc(=O)[nH]c3SC3C4CC(C5C(=O)N(C(C(=O)O)C(C)C)C(=O)C45)C32)ccc1OCC(=O)Nc1ccc(O)cc1. The van der Waals surface area contributed by atoms with Gasteiger partial charge in [0.1, 0.15) is 11.8 Å². The van der Waals surface area contributed by atoms with E-state index < -0.39 is 47.5 Å². The van der Waals surface area contributed by atoms with Gasteiger partial charge in [0.25, 0.3) is 5.91 Å². The Morgan fingerprint density at radius 2 is 1.74 bits per heavy atom. The molecule has 2 bridgehead atoms. The number of carboxylic acid groups (broad SMARTS) is 1. The van der Waals surface area contributed by atoms with E-state index in [-0.39, 0.29) is 46.2 Å². The lowest BCUT2D eigenvalue weighted by atomic mass is 9.68. The van der Waals surface area contributed by atoms with E-state index in [0.29, 0.717) is 23.6 Å². The molecule has 8 atom stereocenters. The van der Waals surface area contributed by atoms with Crippen LogP contribution in [-0.4, -0.2) is 68.8 Å². The normalized spacial score (nSPS) is 27.7. The number of anilines is 1. The van der Waals surface area contributed by atoms with Crippen molar-refractivity contribution in [2.45, 2.75) is 42.5 Å². The van der Waals surface area contributed by atoms with Crippen LogP contribution in [0.25, 0.3) is 0 Å². The quantitative estimate of drug-likeness (QED) is 0.193. The van der Waals surface area contributed by atoms with Gasteiger partial charge in [0.2, 0.25) is 11.8 Å². The Balaban J connectivity index is 1.18. The summed E-state index contributed by atoms with van der Waals surface area (Å²) < 4.78 is 11.5. The summed E-state index contributed by atoms with van der Waals surface area (Å²) in [6.45, 7) is 3.11. The number of thioether (sulfide) groups is 1. The Kier molecular flexibility index (Phi) is 7.82. The van der Waals surface area contributed by atoms with Crippen LogP contribution in [0, 0.1) is 35.5 Å². The fourth-order valence-corrected chi connectivity index (χ4v) is 11.2. The number of thiazole rings is 1. The van der Waals surface area contributed by atoms with Crippen molar-refractivity contribution in [2.24, 2.45) is 35.5 Å². The number of nitrogens with zero attached hydrogens (tertiary/aromatic N) is 1. The smallest absolute Gasteiger partial charge is 0.327 e. The van der Waals surface area contributed by atoms with Crippen LogP contribution in [0.1, 0.15) is 36.6 Å². The predicted molar refractivity (Wildman–Crippen MR) is 172 cm³/mol. The van der Waals surface area contributed by atoms with E-state index >= 15 is 0 Å². The second-order valence-corrected chi connectivity index (χ2v) is 15.0. The Bertz CT molecular complexity index is 1840. The summed E-state index contributed by atoms with van der Waals surface area (Å²) in [6.07, 6.45) is 0.673. The molecule has 2 aromatic carbocycles. The van der Waals surface area contributed by atoms with Crippen LogP contribution in [0.3, 0.4) is 0 Å². The van der Waals surface area contributed by atoms with Crippen molar-refractivity contribution in [1.29, 1.82) is 0 Å². The van der Waals surface area contributed by atoms with Gasteiger partial charge >= 0.3 is 10.8 Å². The third-order valence-electron chi connectivity index (χ3n) is 9.98. The number of carboxylic acids is 1. The fraction of sp³-hybridized carbons (Fsp3) is 0.424. The van der Waals surface area contributed by atoms with Gasteiger partial charge in [0, 0.05) is 21.7 Å². The number of phenols is 1. The van der Waals surface area contributed by atoms with Gasteiger partial charge in [-0.3, -0.25) is 24.1 Å². The molecule has 14 heteroatoms. The highest BCUT2D eigenvalue weighted by Crippen LogP contribution is 2.68. The van der Waals surface area contributed by atoms with Gasteiger partial charge in [-0.05, 0) is 72.1 Å². The number of aromatic amines is 1. The van der Waals surface area contributed by atoms with Crippen LogP contribution in [0.4, 0.5) is 5.69 Å². The second-order valence-electron chi connectivity index (χ2n) is 12.8. The summed E-state index contributed by atoms with van der Waals surface area (Å²) in [5.74, 6) is -3.89. The summed E-state index contributed by atoms with van der Waals surface area (Å²) >= 11 is 2.68. The van der Waals surface area contributed by atoms with Crippen LogP contribution in [0.5, 0.6) is 17.2 Å². The number of hydrogen-bond acceptors (Lipinski definition) is 10. The predicted octanol–water partition coefficient (Wildman–Crippen LogP) is 3.75. The molecule has 246 valence electrons. The zero-order chi connectivity index (χ0) is 33.3. The van der Waals surface area contributed by atoms with E-state index in [0.717, 1.165) is 31.7 Å². The van der Waals surface area contributed by atoms with E-state index in [1.165, 1.54) is 19.2 Å². The molecule has 2 saturated carbocycles. The van der Waals surface area contributed by atoms with Crippen LogP contribution in [0.2, 0.25) is 0 Å². The number of fused-ring (bicyclic) bond motifs is 9. The number of aromatic hydroxyl groups is 1. The number of carbonyl (C=O) groups excluding carboxylic acids is 3. The molecule has 12 nitrogen and oxygen atoms in total. The maximum atomic E-state index is 13.9. The molecule has 3 fully saturated rings. The molecule has 7 rings (SSSR count). The largest absolute Gasteiger partial charge is 0.508 e. The number of aliphatic carboxylic acids is 1. The number of ether oxygens (including phenoxy) is 2. The molecule has 3 heterocycles. The zero-order valence-electron chi connectivity index (χ0n) is 25.7. The number of rotatable bonds is 9. The number of phenolic OH excluding ortho intramolecular Hbond substituents is 1. The number of imide groups is 1. The number of hydrogen-bond donors (Lipinski definition) is 4. The number of benzene rings is 2. The van der Waals surface area contributed by atoms with Gasteiger partial charge in [-0.2, -0.15) is 0 Å². The first kappa shape index (κ1) is 31.3. The molecular weight excluding hydrogens is 647 g/mol. The van der Waals surface area contributed by atoms with Crippen LogP contribution in [-0.2, 0) is 19.2 Å². The lowest BCUT2D eigenvalue weighted by molar-refractivity contribution is -0.157. The van der Waals surface area contributed by atoms with Gasteiger partial charge in [-0.15, -0.1) is 11.8 Å². The summed E-state index contributed by atoms with van der Waals surface area (Å²) in [7, 11) is 1.50. The van der Waals surface area contributed by atoms with E-state index in [9.17, 15) is 34.2 Å². The molecule has 4 aliphatic rings. The zero-order valence-corrected chi connectivity index (χ0v) is 27.3. The molecule has 3 aromatic rings. The molecule has 2 aliphatic carbocycles. The van der Waals surface area contributed by atoms with Crippen LogP contribution < -0.4 is 19.7 Å². The maximum absolute atomic E-state index is 13.9. The number of nitrogens with one attached hydrogen (secondary N) is 2. The Morgan fingerprint density at radius 3 is 2.40 bits per heavy atom. The first-order valence-corrected chi connectivity index (χ1v) is 17.1. The number of methoxy groups -OCH3 is 1. The Morgan fingerprint density at radius 1 is 1.04 bits per heavy atom. The molecule has 4 N–H and O–H groups in total. The highest BCUT2D eigenvalue weighted by atomic mass is 32.2. The standard InChI is InChI=1S/C33H33N3O9S2/c1-13(2)26(32(41)42)36-30(39)24-17-11-18(25(24)31(36)40)27-23(17)22(28-29(46-27)35-33(43)47-28)14-4-9-19(20(10-14)44-3)45-12-21(38)34-15-5-7-16(37)8-6-15/h4-10,13,17-18,22-27,37H,11-12H2,1-3H3,(H,34,38)(H,35,43)(H,41,42)/t17?,18?,22-,23?,24?,25?,26?,27?/m1/s1. The van der Waals surface area contributed by atoms with E-state index in [1.807, 2.05) is 12.1 Å². The third kappa shape index (κ3) is 5.08. The Labute approximate surface area is 277 Å². The first-order chi connectivity index (χ1) is 22.5. The molecule has 7 unspecified atom stereocenters. The third-order valence-corrected chi connectivity index (χ3v) is 12.6. The molecule has 0 spiro atoms. The second kappa shape index (κ2) is 11.7. The molecule has 3 amide bonds. The van der Waals surface area contributed by atoms with E-state index in [4.69, 9.17) is 9.47 Å². The number of aromatic nitrogens is 1. The molecule has 1 saturated heterocycles. The Hall–Kier alpha value is -4.30. The van der Waals surface area contributed by atoms with Gasteiger partial charge < -0.3 is 30.0 Å². The molecule has 47 heavy (non-hydrogen) atoms. The van der Waals surface area contributed by atoms with Crippen molar-refractivity contribution in [3.8, 4) is 17.2 Å². The summed E-state index contributed by atoms with van der Waals surface area (Å²) in [5, 5.41) is 22.8. The number of amides is 3. The number of likely N-dealkylation sites (tertiary alicyclic amines) is 1. The molecule has 0 radical (unpaired) electrons. The first-order valence-electron chi connectivity index (χ1n) is 15.4. The summed E-state index contributed by atoms with van der Waals surface area (Å²) in [4.78, 5) is 69.7. The minimum absolute atomic E-state index is 0.0615. The molecule has 1 aromatic heterocycles. The minimum Gasteiger partial charge on any atom is -0.508 e. The highest BCUT2D eigenvalue weighted by Gasteiger charge is 2.70. The maximum Gasteiger partial charge on any atom is 0.327 e. The van der Waals surface area contributed by atoms with Crippen LogP contribution in [0.15, 0.2) is 52.3 Å². The van der Waals surface area contributed by atoms with Gasteiger partial charge in [-0.25, -0.2) is 4.79 Å². The van der Waals surface area contributed by atoms with Crippen LogP contribution >= 0.6 is 23.1 Å². The molecule has 2 aliphatic heterocycles. The highest BCUT2D eigenvalue weighted by molar-refractivity contribution is 8.00. The number of carbonyl (C=O) groups is 4. The van der Waals surface area contributed by atoms with Crippen molar-refractivity contribution in [3.63, 3.8) is 0 Å². The summed E-state index contributed by atoms with van der Waals surface area (Å²) in [6, 6.07) is 10.3. The van der Waals surface area contributed by atoms with Crippen molar-refractivity contribution in [1.82, 2.24) is 9.88 Å². The fourth-order valence-electron chi connectivity index (χ4n) is 8.26. The molecular formula is C33H33N3O9S2. The van der Waals surface area contributed by atoms with E-state index in [2.05, 4.69) is 10.3 Å². The number of H-pyrrole nitrogens is 1. The van der Waals surface area contributed by atoms with Gasteiger partial charge in [0.15, 0.2) is 18.1 Å². The van der Waals surface area contributed by atoms with E-state index in [1.54, 1.807) is 43.8 Å². The summed E-state index contributed by atoms with van der Waals surface area (Å²) in [5.41, 5.74) is 1.35. The lowest BCUT2D eigenvalue weighted by Crippen LogP contribution is -2.49. The van der Waals surface area contributed by atoms with Crippen molar-refractivity contribution < 1.29 is 38.9 Å². The van der Waals surface area contributed by atoms with Crippen molar-refractivity contribution in [3.05, 3.63) is 62.6 Å². The topological polar surface area (TPSA) is 175 Å². The van der Waals surface area contributed by atoms with Gasteiger partial charge in [-0.1, -0.05) is 31.3 Å². The monoisotopic (exact) mass is 679 g/mol. The average molecular weight is 680 g/mol.